The van der Waals surface area contributed by atoms with Gasteiger partial charge < -0.3 is 10.2 Å². The highest BCUT2D eigenvalue weighted by molar-refractivity contribution is 7.98. The van der Waals surface area contributed by atoms with Crippen molar-refractivity contribution in [3.8, 4) is 0 Å². The van der Waals surface area contributed by atoms with Crippen LogP contribution in [0.4, 0.5) is 17.1 Å². The van der Waals surface area contributed by atoms with Gasteiger partial charge >= 0.3 is 0 Å². The van der Waals surface area contributed by atoms with Crippen LogP contribution in [0.1, 0.15) is 23.2 Å². The first-order valence-electron chi connectivity index (χ1n) is 8.07. The molecule has 1 heterocycles. The number of benzene rings is 2. The lowest BCUT2D eigenvalue weighted by molar-refractivity contribution is -0.384. The molecule has 130 valence electrons. The number of non-ortho nitro benzene ring substituents is 1. The molecule has 0 aromatic heterocycles. The van der Waals surface area contributed by atoms with Gasteiger partial charge in [-0.3, -0.25) is 14.9 Å². The minimum absolute atomic E-state index is 0.0779. The van der Waals surface area contributed by atoms with Gasteiger partial charge in [-0.2, -0.15) is 0 Å². The third-order valence-corrected chi connectivity index (χ3v) is 4.97. The molecule has 0 saturated carbocycles. The molecule has 1 aliphatic rings. The summed E-state index contributed by atoms with van der Waals surface area (Å²) in [7, 11) is 0. The average Bonchev–Trinajstić information content (AvgIpc) is 3.16. The minimum atomic E-state index is -0.474. The molecular formula is C18H19N3O3S. The summed E-state index contributed by atoms with van der Waals surface area (Å²) in [6, 6.07) is 12.0. The van der Waals surface area contributed by atoms with E-state index in [4.69, 9.17) is 0 Å². The zero-order valence-electron chi connectivity index (χ0n) is 13.9. The lowest BCUT2D eigenvalue weighted by Crippen LogP contribution is -2.23. The lowest BCUT2D eigenvalue weighted by Gasteiger charge is -2.21. The van der Waals surface area contributed by atoms with Crippen LogP contribution in [0.25, 0.3) is 0 Å². The molecule has 3 rings (SSSR count). The largest absolute Gasteiger partial charge is 0.371 e. The van der Waals surface area contributed by atoms with Gasteiger partial charge in [0.15, 0.2) is 0 Å². The van der Waals surface area contributed by atoms with Crippen LogP contribution >= 0.6 is 11.8 Å². The number of nitrogens with one attached hydrogen (secondary N) is 1. The maximum Gasteiger partial charge on any atom is 0.270 e. The average molecular weight is 357 g/mol. The van der Waals surface area contributed by atoms with E-state index in [1.54, 1.807) is 17.8 Å². The van der Waals surface area contributed by atoms with E-state index in [0.717, 1.165) is 36.5 Å². The van der Waals surface area contributed by atoms with Crippen molar-refractivity contribution in [2.45, 2.75) is 17.7 Å². The monoisotopic (exact) mass is 357 g/mol. The lowest BCUT2D eigenvalue weighted by atomic mass is 10.1. The van der Waals surface area contributed by atoms with Gasteiger partial charge in [0.05, 0.1) is 16.2 Å². The molecule has 1 aliphatic heterocycles. The standard InChI is InChI=1S/C18H19N3O3S/c1-25-15-7-4-13(5-8-15)19-18(22)16-12-14(21(23)24)6-9-17(16)20-10-2-3-11-20/h4-9,12H,2-3,10-11H2,1H3,(H,19,22). The van der Waals surface area contributed by atoms with E-state index in [1.807, 2.05) is 30.5 Å². The highest BCUT2D eigenvalue weighted by atomic mass is 32.2. The second kappa shape index (κ2) is 7.57. The summed E-state index contributed by atoms with van der Waals surface area (Å²) in [5, 5.41) is 13.9. The number of nitro groups is 1. The van der Waals surface area contributed by atoms with Crippen LogP contribution in [-0.2, 0) is 0 Å². The third-order valence-electron chi connectivity index (χ3n) is 4.23. The van der Waals surface area contributed by atoms with Gasteiger partial charge in [-0.1, -0.05) is 0 Å². The molecular weight excluding hydrogens is 338 g/mol. The fourth-order valence-corrected chi connectivity index (χ4v) is 3.33. The molecule has 0 radical (unpaired) electrons. The SMILES string of the molecule is CSc1ccc(NC(=O)c2cc([N+](=O)[O-])ccc2N2CCCC2)cc1. The maximum absolute atomic E-state index is 12.8. The number of thioether (sulfide) groups is 1. The predicted molar refractivity (Wildman–Crippen MR) is 101 cm³/mol. The molecule has 0 atom stereocenters. The van der Waals surface area contributed by atoms with Crippen molar-refractivity contribution in [1.82, 2.24) is 0 Å². The number of amides is 1. The number of hydrogen-bond donors (Lipinski definition) is 1. The van der Waals surface area contributed by atoms with Gasteiger partial charge in [0.1, 0.15) is 0 Å². The van der Waals surface area contributed by atoms with Crippen LogP contribution in [0.3, 0.4) is 0 Å². The molecule has 25 heavy (non-hydrogen) atoms. The summed E-state index contributed by atoms with van der Waals surface area (Å²) in [6.45, 7) is 1.72. The van der Waals surface area contributed by atoms with Crippen molar-refractivity contribution in [3.05, 3.63) is 58.1 Å². The molecule has 1 N–H and O–H groups in total. The van der Waals surface area contributed by atoms with Crippen LogP contribution in [0.15, 0.2) is 47.4 Å². The molecule has 1 fully saturated rings. The Morgan fingerprint density at radius 3 is 2.44 bits per heavy atom. The molecule has 2 aromatic rings. The van der Waals surface area contributed by atoms with Crippen molar-refractivity contribution < 1.29 is 9.72 Å². The maximum atomic E-state index is 12.8. The number of carbonyl (C=O) groups excluding carboxylic acids is 1. The zero-order chi connectivity index (χ0) is 17.8. The van der Waals surface area contributed by atoms with Crippen molar-refractivity contribution in [1.29, 1.82) is 0 Å². The van der Waals surface area contributed by atoms with Gasteiger partial charge in [-0.25, -0.2) is 0 Å². The Kier molecular flexibility index (Phi) is 5.23. The molecule has 1 saturated heterocycles. The molecule has 0 spiro atoms. The van der Waals surface area contributed by atoms with E-state index in [9.17, 15) is 14.9 Å². The number of rotatable bonds is 5. The summed E-state index contributed by atoms with van der Waals surface area (Å²) in [5.41, 5.74) is 1.68. The molecule has 0 unspecified atom stereocenters. The summed E-state index contributed by atoms with van der Waals surface area (Å²) < 4.78 is 0. The van der Waals surface area contributed by atoms with Crippen molar-refractivity contribution in [2.24, 2.45) is 0 Å². The second-order valence-corrected chi connectivity index (χ2v) is 6.71. The first-order chi connectivity index (χ1) is 12.1. The number of nitrogens with zero attached hydrogens (tertiary/aromatic N) is 2. The minimum Gasteiger partial charge on any atom is -0.371 e. The summed E-state index contributed by atoms with van der Waals surface area (Å²) in [5.74, 6) is -0.331. The van der Waals surface area contributed by atoms with Crippen LogP contribution in [0, 0.1) is 10.1 Å². The highest BCUT2D eigenvalue weighted by Crippen LogP contribution is 2.29. The van der Waals surface area contributed by atoms with Crippen molar-refractivity contribution >= 4 is 34.7 Å². The molecule has 1 amide bonds. The normalized spacial score (nSPS) is 13.7. The predicted octanol–water partition coefficient (Wildman–Crippen LogP) is 4.17. The Morgan fingerprint density at radius 2 is 1.84 bits per heavy atom. The van der Waals surface area contributed by atoms with Crippen LogP contribution in [-0.4, -0.2) is 30.2 Å². The van der Waals surface area contributed by atoms with E-state index in [0.29, 0.717) is 11.3 Å². The van der Waals surface area contributed by atoms with Crippen LogP contribution < -0.4 is 10.2 Å². The van der Waals surface area contributed by atoms with Gasteiger partial charge in [-0.05, 0) is 49.4 Å². The van der Waals surface area contributed by atoms with Crippen molar-refractivity contribution in [3.63, 3.8) is 0 Å². The molecule has 0 bridgehead atoms. The molecule has 6 nitrogen and oxygen atoms in total. The van der Waals surface area contributed by atoms with Gasteiger partial charge in [0.25, 0.3) is 11.6 Å². The first-order valence-corrected chi connectivity index (χ1v) is 9.30. The number of anilines is 2. The van der Waals surface area contributed by atoms with Crippen molar-refractivity contribution in [2.75, 3.05) is 29.6 Å². The number of carbonyl (C=O) groups is 1. The first kappa shape index (κ1) is 17.3. The molecule has 0 aliphatic carbocycles. The quantitative estimate of drug-likeness (QED) is 0.494. The molecule has 7 heteroatoms. The van der Waals surface area contributed by atoms with Crippen LogP contribution in [0.5, 0.6) is 0 Å². The Morgan fingerprint density at radius 1 is 1.16 bits per heavy atom. The van der Waals surface area contributed by atoms with Gasteiger partial charge in [-0.15, -0.1) is 11.8 Å². The van der Waals surface area contributed by atoms with Crippen LogP contribution in [0.2, 0.25) is 0 Å². The summed E-state index contributed by atoms with van der Waals surface area (Å²) in [6.07, 6.45) is 4.11. The fourth-order valence-electron chi connectivity index (χ4n) is 2.93. The topological polar surface area (TPSA) is 75.5 Å². The van der Waals surface area contributed by atoms with E-state index < -0.39 is 4.92 Å². The van der Waals surface area contributed by atoms with E-state index in [2.05, 4.69) is 10.2 Å². The number of hydrogen-bond acceptors (Lipinski definition) is 5. The summed E-state index contributed by atoms with van der Waals surface area (Å²) in [4.78, 5) is 26.6. The Labute approximate surface area is 150 Å². The number of nitro benzene ring substituents is 1. The Hall–Kier alpha value is -2.54. The Balaban J connectivity index is 1.90. The fraction of sp³-hybridized carbons (Fsp3) is 0.278. The highest BCUT2D eigenvalue weighted by Gasteiger charge is 2.22. The molecule has 2 aromatic carbocycles. The Bertz CT molecular complexity index is 787. The third kappa shape index (κ3) is 3.93. The van der Waals surface area contributed by atoms with E-state index in [-0.39, 0.29) is 11.6 Å². The van der Waals surface area contributed by atoms with E-state index in [1.165, 1.54) is 12.1 Å². The second-order valence-electron chi connectivity index (χ2n) is 5.84. The summed E-state index contributed by atoms with van der Waals surface area (Å²) >= 11 is 1.62. The zero-order valence-corrected chi connectivity index (χ0v) is 14.7. The van der Waals surface area contributed by atoms with Gasteiger partial charge in [0, 0.05) is 35.8 Å². The van der Waals surface area contributed by atoms with E-state index >= 15 is 0 Å². The van der Waals surface area contributed by atoms with Gasteiger partial charge in [0.2, 0.25) is 0 Å². The smallest absolute Gasteiger partial charge is 0.270 e.